The highest BCUT2D eigenvalue weighted by molar-refractivity contribution is 5.97. The molecule has 0 bridgehead atoms. The summed E-state index contributed by atoms with van der Waals surface area (Å²) in [5.41, 5.74) is 3.60. The van der Waals surface area contributed by atoms with Crippen LogP contribution in [0.2, 0.25) is 0 Å². The highest BCUT2D eigenvalue weighted by atomic mass is 19.1. The molecule has 2 aromatic carbocycles. The summed E-state index contributed by atoms with van der Waals surface area (Å²) in [5, 5.41) is 0. The normalized spacial score (nSPS) is 17.0. The standard InChI is InChI=1S/C24H23F2NO/c1-27(17-19-9-12-21(25)13-10-19)23-8-3-2-5-18(11-14-23)15-24(28)20-6-4-7-22(26)16-20/h2-10,12-13,16H,11,14-15,17H2,1H3/b3-2+,18-5+,23-8?. The first-order valence-corrected chi connectivity index (χ1v) is 9.31. The Morgan fingerprint density at radius 1 is 0.964 bits per heavy atom. The summed E-state index contributed by atoms with van der Waals surface area (Å²) in [5.74, 6) is -0.716. The van der Waals surface area contributed by atoms with E-state index in [1.54, 1.807) is 24.3 Å². The molecule has 0 atom stereocenters. The molecule has 0 radical (unpaired) electrons. The summed E-state index contributed by atoms with van der Waals surface area (Å²) >= 11 is 0. The summed E-state index contributed by atoms with van der Waals surface area (Å²) in [6.07, 6.45) is 9.75. The summed E-state index contributed by atoms with van der Waals surface area (Å²) < 4.78 is 26.4. The van der Waals surface area contributed by atoms with Gasteiger partial charge < -0.3 is 4.90 Å². The fraction of sp³-hybridized carbons (Fsp3) is 0.208. The first-order valence-electron chi connectivity index (χ1n) is 9.31. The van der Waals surface area contributed by atoms with Gasteiger partial charge >= 0.3 is 0 Å². The van der Waals surface area contributed by atoms with Crippen LogP contribution >= 0.6 is 0 Å². The maximum absolute atomic E-state index is 13.4. The van der Waals surface area contributed by atoms with Crippen LogP contribution < -0.4 is 0 Å². The van der Waals surface area contributed by atoms with Crippen LogP contribution in [-0.4, -0.2) is 17.7 Å². The van der Waals surface area contributed by atoms with Gasteiger partial charge in [-0.3, -0.25) is 4.79 Å². The van der Waals surface area contributed by atoms with E-state index >= 15 is 0 Å². The molecule has 1 aliphatic rings. The third-order valence-electron chi connectivity index (χ3n) is 4.79. The molecular formula is C24H23F2NO. The summed E-state index contributed by atoms with van der Waals surface area (Å²) in [6, 6.07) is 12.3. The van der Waals surface area contributed by atoms with Gasteiger partial charge in [-0.25, -0.2) is 8.78 Å². The monoisotopic (exact) mass is 379 g/mol. The van der Waals surface area contributed by atoms with Crippen LogP contribution in [0.5, 0.6) is 0 Å². The molecule has 0 amide bonds. The second-order valence-electron chi connectivity index (χ2n) is 6.96. The predicted octanol–water partition coefficient (Wildman–Crippen LogP) is 5.83. The molecule has 2 aromatic rings. The van der Waals surface area contributed by atoms with E-state index in [0.29, 0.717) is 12.1 Å². The highest BCUT2D eigenvalue weighted by Gasteiger charge is 2.13. The number of hydrogen-bond donors (Lipinski definition) is 0. The maximum atomic E-state index is 13.4. The number of Topliss-reactive ketones (excluding diaryl/α,β-unsaturated/α-hetero) is 1. The number of hydrogen-bond acceptors (Lipinski definition) is 2. The van der Waals surface area contributed by atoms with Crippen molar-refractivity contribution in [3.63, 3.8) is 0 Å². The fourth-order valence-corrected chi connectivity index (χ4v) is 3.21. The van der Waals surface area contributed by atoms with E-state index in [-0.39, 0.29) is 18.0 Å². The molecule has 0 heterocycles. The van der Waals surface area contributed by atoms with Crippen molar-refractivity contribution in [1.82, 2.24) is 4.90 Å². The van der Waals surface area contributed by atoms with E-state index in [4.69, 9.17) is 0 Å². The van der Waals surface area contributed by atoms with Gasteiger partial charge in [-0.2, -0.15) is 0 Å². The van der Waals surface area contributed by atoms with Crippen molar-refractivity contribution >= 4 is 5.78 Å². The van der Waals surface area contributed by atoms with E-state index in [2.05, 4.69) is 11.0 Å². The molecule has 0 saturated heterocycles. The van der Waals surface area contributed by atoms with Crippen molar-refractivity contribution in [2.24, 2.45) is 0 Å². The lowest BCUT2D eigenvalue weighted by Gasteiger charge is -2.24. The zero-order chi connectivity index (χ0) is 19.9. The first-order chi connectivity index (χ1) is 13.5. The van der Waals surface area contributed by atoms with E-state index in [0.717, 1.165) is 29.7 Å². The Morgan fingerprint density at radius 2 is 1.71 bits per heavy atom. The summed E-state index contributed by atoms with van der Waals surface area (Å²) in [7, 11) is 2.01. The Labute approximate surface area is 164 Å². The SMILES string of the molecule is CN(Cc1ccc(F)cc1)C1=C/C=C/C=C(/CC(=O)c2cccc(F)c2)CC1. The van der Waals surface area contributed by atoms with E-state index < -0.39 is 5.82 Å². The molecule has 0 N–H and O–H groups in total. The quantitative estimate of drug-likeness (QED) is 0.589. The van der Waals surface area contributed by atoms with Gasteiger partial charge in [-0.1, -0.05) is 48.1 Å². The zero-order valence-electron chi connectivity index (χ0n) is 15.9. The van der Waals surface area contributed by atoms with Crippen LogP contribution in [-0.2, 0) is 6.54 Å². The molecule has 3 rings (SSSR count). The first kappa shape index (κ1) is 19.7. The molecule has 0 unspecified atom stereocenters. The number of rotatable bonds is 6. The molecule has 0 aliphatic heterocycles. The number of nitrogens with zero attached hydrogens (tertiary/aromatic N) is 1. The Morgan fingerprint density at radius 3 is 2.46 bits per heavy atom. The lowest BCUT2D eigenvalue weighted by Crippen LogP contribution is -2.18. The van der Waals surface area contributed by atoms with Gasteiger partial charge in [-0.15, -0.1) is 0 Å². The number of carbonyl (C=O) groups excluding carboxylic acids is 1. The van der Waals surface area contributed by atoms with Crippen molar-refractivity contribution < 1.29 is 13.6 Å². The van der Waals surface area contributed by atoms with Crippen molar-refractivity contribution in [3.8, 4) is 0 Å². The van der Waals surface area contributed by atoms with Crippen LogP contribution in [0, 0.1) is 11.6 Å². The second-order valence-corrected chi connectivity index (χ2v) is 6.96. The van der Waals surface area contributed by atoms with Crippen molar-refractivity contribution in [2.45, 2.75) is 25.8 Å². The second kappa shape index (κ2) is 9.27. The van der Waals surface area contributed by atoms with Crippen molar-refractivity contribution in [2.75, 3.05) is 7.05 Å². The summed E-state index contributed by atoms with van der Waals surface area (Å²) in [6.45, 7) is 0.682. The van der Waals surface area contributed by atoms with Crippen LogP contribution in [0.4, 0.5) is 8.78 Å². The van der Waals surface area contributed by atoms with Crippen LogP contribution in [0.15, 0.2) is 84.1 Å². The van der Waals surface area contributed by atoms with E-state index in [1.165, 1.54) is 24.3 Å². The average Bonchev–Trinajstić information content (AvgIpc) is 2.66. The topological polar surface area (TPSA) is 20.3 Å². The average molecular weight is 379 g/mol. The molecule has 0 aromatic heterocycles. The van der Waals surface area contributed by atoms with Gasteiger partial charge in [0.2, 0.25) is 0 Å². The molecule has 144 valence electrons. The van der Waals surface area contributed by atoms with Gasteiger partial charge in [0.15, 0.2) is 5.78 Å². The Bertz CT molecular complexity index is 926. The van der Waals surface area contributed by atoms with E-state index in [1.807, 2.05) is 25.3 Å². The van der Waals surface area contributed by atoms with Gasteiger partial charge in [-0.05, 0) is 48.7 Å². The number of ketones is 1. The van der Waals surface area contributed by atoms with Gasteiger partial charge in [0.1, 0.15) is 11.6 Å². The highest BCUT2D eigenvalue weighted by Crippen LogP contribution is 2.22. The predicted molar refractivity (Wildman–Crippen MR) is 108 cm³/mol. The molecule has 4 heteroatoms. The largest absolute Gasteiger partial charge is 0.374 e. The molecule has 28 heavy (non-hydrogen) atoms. The smallest absolute Gasteiger partial charge is 0.167 e. The molecule has 0 fully saturated rings. The maximum Gasteiger partial charge on any atom is 0.167 e. The number of halogens is 2. The minimum atomic E-state index is -0.398. The lowest BCUT2D eigenvalue weighted by molar-refractivity contribution is 0.0991. The van der Waals surface area contributed by atoms with Gasteiger partial charge in [0, 0.05) is 31.3 Å². The molecule has 2 nitrogen and oxygen atoms in total. The molecule has 0 spiro atoms. The van der Waals surface area contributed by atoms with Crippen LogP contribution in [0.3, 0.4) is 0 Å². The van der Waals surface area contributed by atoms with Crippen LogP contribution in [0.1, 0.15) is 35.2 Å². The third-order valence-corrected chi connectivity index (χ3v) is 4.79. The molecule has 0 saturated carbocycles. The fourth-order valence-electron chi connectivity index (χ4n) is 3.21. The molecular weight excluding hydrogens is 356 g/mol. The Kier molecular flexibility index (Phi) is 6.53. The van der Waals surface area contributed by atoms with Gasteiger partial charge in [0.25, 0.3) is 0 Å². The number of benzene rings is 2. The summed E-state index contributed by atoms with van der Waals surface area (Å²) in [4.78, 5) is 14.6. The van der Waals surface area contributed by atoms with Crippen molar-refractivity contribution in [3.05, 3.63) is 107 Å². The number of carbonyl (C=O) groups is 1. The minimum Gasteiger partial charge on any atom is -0.374 e. The van der Waals surface area contributed by atoms with Crippen molar-refractivity contribution in [1.29, 1.82) is 0 Å². The van der Waals surface area contributed by atoms with E-state index in [9.17, 15) is 13.6 Å². The van der Waals surface area contributed by atoms with Gasteiger partial charge in [0.05, 0.1) is 0 Å². The Hall–Kier alpha value is -3.01. The zero-order valence-corrected chi connectivity index (χ0v) is 15.9. The number of allylic oxidation sites excluding steroid dienone is 6. The third kappa shape index (κ3) is 5.49. The molecule has 1 aliphatic carbocycles. The van der Waals surface area contributed by atoms with Crippen LogP contribution in [0.25, 0.3) is 0 Å². The Balaban J connectivity index is 1.61. The lowest BCUT2D eigenvalue weighted by atomic mass is 9.97. The minimum absolute atomic E-state index is 0.0788.